The van der Waals surface area contributed by atoms with Crippen molar-refractivity contribution in [3.63, 3.8) is 0 Å². The number of H-pyrrole nitrogens is 1. The molecule has 0 aliphatic carbocycles. The molecule has 0 saturated heterocycles. The van der Waals surface area contributed by atoms with Crippen molar-refractivity contribution in [3.05, 3.63) is 65.1 Å². The predicted octanol–water partition coefficient (Wildman–Crippen LogP) is 1.74. The van der Waals surface area contributed by atoms with Crippen molar-refractivity contribution in [3.8, 4) is 23.1 Å². The fraction of sp³-hybridized carbons (Fsp3) is 0.158. The van der Waals surface area contributed by atoms with E-state index in [9.17, 15) is 13.2 Å². The summed E-state index contributed by atoms with van der Waals surface area (Å²) < 4.78 is 44.1. The van der Waals surface area contributed by atoms with Crippen molar-refractivity contribution < 1.29 is 27.7 Å². The van der Waals surface area contributed by atoms with Crippen LogP contribution in [-0.4, -0.2) is 43.8 Å². The average Bonchev–Trinajstić information content (AvgIpc) is 2.75. The molecule has 30 heavy (non-hydrogen) atoms. The van der Waals surface area contributed by atoms with E-state index in [2.05, 4.69) is 14.7 Å². The van der Waals surface area contributed by atoms with Gasteiger partial charge in [-0.05, 0) is 24.3 Å². The third-order valence-electron chi connectivity index (χ3n) is 3.76. The first-order valence-corrected chi connectivity index (χ1v) is 10.2. The van der Waals surface area contributed by atoms with Crippen LogP contribution in [0.15, 0.2) is 64.3 Å². The van der Waals surface area contributed by atoms with E-state index in [4.69, 9.17) is 19.3 Å². The van der Waals surface area contributed by atoms with Crippen molar-refractivity contribution in [2.75, 3.05) is 25.0 Å². The number of aromatic amines is 1. The van der Waals surface area contributed by atoms with Crippen molar-refractivity contribution in [1.29, 1.82) is 0 Å². The van der Waals surface area contributed by atoms with E-state index < -0.39 is 15.7 Å². The Labute approximate surface area is 172 Å². The lowest BCUT2D eigenvalue weighted by Gasteiger charge is -2.17. The molecule has 3 aromatic rings. The van der Waals surface area contributed by atoms with Gasteiger partial charge in [-0.25, -0.2) is 13.2 Å². The number of aliphatic hydroxyl groups is 1. The summed E-state index contributed by atoms with van der Waals surface area (Å²) in [7, 11) is -2.62. The maximum absolute atomic E-state index is 12.8. The van der Waals surface area contributed by atoms with Crippen LogP contribution in [0.25, 0.3) is 0 Å². The highest BCUT2D eigenvalue weighted by Crippen LogP contribution is 2.39. The Morgan fingerprint density at radius 2 is 1.73 bits per heavy atom. The molecule has 1 aromatic heterocycles. The molecule has 0 spiro atoms. The molecule has 0 radical (unpaired) electrons. The minimum absolute atomic E-state index is 0.0243. The number of ether oxygens (including phenoxy) is 3. The number of para-hydroxylation sites is 2. The summed E-state index contributed by atoms with van der Waals surface area (Å²) in [4.78, 5) is 18.0. The molecule has 0 fully saturated rings. The van der Waals surface area contributed by atoms with Crippen LogP contribution in [0.1, 0.15) is 0 Å². The maximum Gasteiger partial charge on any atom is 0.350 e. The Hall–Kier alpha value is -3.57. The number of aliphatic hydroxyl groups excluding tert-OH is 1. The first-order valence-electron chi connectivity index (χ1n) is 8.71. The first kappa shape index (κ1) is 21.1. The van der Waals surface area contributed by atoms with Crippen LogP contribution in [0, 0.1) is 0 Å². The smallest absolute Gasteiger partial charge is 0.350 e. The first-order chi connectivity index (χ1) is 14.4. The molecule has 0 unspecified atom stereocenters. The Bertz CT molecular complexity index is 1160. The summed E-state index contributed by atoms with van der Waals surface area (Å²) in [6, 6.07) is 14.2. The molecule has 0 amide bonds. The van der Waals surface area contributed by atoms with Crippen LogP contribution >= 0.6 is 0 Å². The fourth-order valence-electron chi connectivity index (χ4n) is 2.45. The van der Waals surface area contributed by atoms with E-state index in [1.165, 1.54) is 19.2 Å². The molecule has 3 rings (SSSR count). The van der Waals surface area contributed by atoms with E-state index in [-0.39, 0.29) is 41.3 Å². The molecule has 0 atom stereocenters. The van der Waals surface area contributed by atoms with Crippen LogP contribution in [0.2, 0.25) is 0 Å². The van der Waals surface area contributed by atoms with Crippen molar-refractivity contribution >= 4 is 15.8 Å². The largest absolute Gasteiger partial charge is 0.493 e. The maximum atomic E-state index is 12.8. The number of methoxy groups -OCH3 is 1. The highest BCUT2D eigenvalue weighted by atomic mass is 32.2. The topological polar surface area (TPSA) is 140 Å². The normalized spacial score (nSPS) is 11.0. The van der Waals surface area contributed by atoms with Gasteiger partial charge in [-0.2, -0.15) is 4.98 Å². The molecule has 0 aliphatic heterocycles. The summed E-state index contributed by atoms with van der Waals surface area (Å²) in [6.45, 7) is -0.544. The molecule has 1 heterocycles. The number of hydrogen-bond donors (Lipinski definition) is 3. The van der Waals surface area contributed by atoms with E-state index in [0.717, 1.165) is 0 Å². The molecule has 3 N–H and O–H groups in total. The second-order valence-corrected chi connectivity index (χ2v) is 7.48. The minimum atomic E-state index is -4.06. The fourth-order valence-corrected chi connectivity index (χ4v) is 3.50. The number of nitrogens with zero attached hydrogens (tertiary/aromatic N) is 1. The number of nitrogens with one attached hydrogen (secondary N) is 2. The molecule has 2 aromatic carbocycles. The Morgan fingerprint density at radius 1 is 1.07 bits per heavy atom. The third kappa shape index (κ3) is 4.88. The van der Waals surface area contributed by atoms with Gasteiger partial charge in [0.15, 0.2) is 17.3 Å². The van der Waals surface area contributed by atoms with Gasteiger partial charge in [0, 0.05) is 0 Å². The molecule has 0 aliphatic rings. The van der Waals surface area contributed by atoms with E-state index >= 15 is 0 Å². The summed E-state index contributed by atoms with van der Waals surface area (Å²) in [5, 5.41) is 9.05. The number of hydrogen-bond acceptors (Lipinski definition) is 8. The van der Waals surface area contributed by atoms with E-state index in [1.54, 1.807) is 42.5 Å². The molecular formula is C19H19N3O7S. The second-order valence-electron chi connectivity index (χ2n) is 5.79. The zero-order valence-electron chi connectivity index (χ0n) is 15.9. The van der Waals surface area contributed by atoms with E-state index in [1.807, 2.05) is 0 Å². The van der Waals surface area contributed by atoms with Gasteiger partial charge in [0.1, 0.15) is 6.61 Å². The summed E-state index contributed by atoms with van der Waals surface area (Å²) in [5.41, 5.74) is -0.874. The Kier molecular flexibility index (Phi) is 6.54. The lowest BCUT2D eigenvalue weighted by Crippen LogP contribution is -2.21. The molecule has 10 nitrogen and oxygen atoms in total. The van der Waals surface area contributed by atoms with Crippen LogP contribution in [-0.2, 0) is 10.0 Å². The van der Waals surface area contributed by atoms with Gasteiger partial charge in [0.25, 0.3) is 15.9 Å². The van der Waals surface area contributed by atoms with Gasteiger partial charge in [-0.1, -0.05) is 30.3 Å². The SMILES string of the molecule is COc1ccccc1Oc1c(OCCO)nc(=O)[nH]c1NS(=O)(=O)c1ccccc1. The quantitative estimate of drug-likeness (QED) is 0.464. The highest BCUT2D eigenvalue weighted by molar-refractivity contribution is 7.92. The van der Waals surface area contributed by atoms with Crippen LogP contribution < -0.4 is 24.6 Å². The summed E-state index contributed by atoms with van der Waals surface area (Å²) in [6.07, 6.45) is 0. The number of rotatable bonds is 9. The van der Waals surface area contributed by atoms with Gasteiger partial charge in [-0.3, -0.25) is 9.71 Å². The molecule has 0 bridgehead atoms. The Morgan fingerprint density at radius 3 is 2.40 bits per heavy atom. The third-order valence-corrected chi connectivity index (χ3v) is 5.12. The lowest BCUT2D eigenvalue weighted by atomic mass is 10.3. The van der Waals surface area contributed by atoms with Gasteiger partial charge in [-0.15, -0.1) is 0 Å². The highest BCUT2D eigenvalue weighted by Gasteiger charge is 2.23. The number of sulfonamides is 1. The number of benzene rings is 2. The van der Waals surface area contributed by atoms with Crippen molar-refractivity contribution in [2.45, 2.75) is 4.90 Å². The standard InChI is InChI=1S/C19H19N3O7S/c1-27-14-9-5-6-10-15(14)29-16-17(20-19(24)21-18(16)28-12-11-23)22-30(25,26)13-7-3-2-4-8-13/h2-10,23H,11-12H2,1H3,(H2,20,21,22,24). The van der Waals surface area contributed by atoms with E-state index in [0.29, 0.717) is 5.75 Å². The average molecular weight is 433 g/mol. The summed E-state index contributed by atoms with van der Waals surface area (Å²) in [5.74, 6) is -0.217. The monoisotopic (exact) mass is 433 g/mol. The molecule has 0 saturated carbocycles. The molecule has 158 valence electrons. The number of anilines is 1. The van der Waals surface area contributed by atoms with Crippen LogP contribution in [0.3, 0.4) is 0 Å². The number of aromatic nitrogens is 2. The van der Waals surface area contributed by atoms with Crippen LogP contribution in [0.5, 0.6) is 23.1 Å². The van der Waals surface area contributed by atoms with Crippen molar-refractivity contribution in [2.24, 2.45) is 0 Å². The van der Waals surface area contributed by atoms with Gasteiger partial charge in [0.05, 0.1) is 18.6 Å². The Balaban J connectivity index is 2.09. The zero-order valence-corrected chi connectivity index (χ0v) is 16.7. The van der Waals surface area contributed by atoms with Gasteiger partial charge in [0.2, 0.25) is 5.75 Å². The molecule has 11 heteroatoms. The van der Waals surface area contributed by atoms with Gasteiger partial charge >= 0.3 is 5.69 Å². The minimum Gasteiger partial charge on any atom is -0.493 e. The predicted molar refractivity (Wildman–Crippen MR) is 108 cm³/mol. The lowest BCUT2D eigenvalue weighted by molar-refractivity contribution is 0.192. The van der Waals surface area contributed by atoms with Crippen LogP contribution in [0.4, 0.5) is 5.82 Å². The molecular weight excluding hydrogens is 414 g/mol. The summed E-state index contributed by atoms with van der Waals surface area (Å²) >= 11 is 0. The van der Waals surface area contributed by atoms with Gasteiger partial charge < -0.3 is 19.3 Å². The second kappa shape index (κ2) is 9.29. The zero-order chi connectivity index (χ0) is 21.6. The van der Waals surface area contributed by atoms with Crippen molar-refractivity contribution in [1.82, 2.24) is 9.97 Å².